The molecule has 0 aromatic rings. The van der Waals surface area contributed by atoms with Crippen LogP contribution in [0.1, 0.15) is 0 Å². The molecule has 0 atom stereocenters. The molecule has 1 spiro atoms. The van der Waals surface area contributed by atoms with E-state index in [4.69, 9.17) is 0 Å². The minimum Gasteiger partial charge on any atom is -0.301 e. The SMILES string of the molecule is CN1CC2(C1)NCCS2. The molecule has 2 aliphatic rings. The first-order valence-electron chi connectivity index (χ1n) is 3.38. The van der Waals surface area contributed by atoms with Gasteiger partial charge in [0.1, 0.15) is 0 Å². The lowest BCUT2D eigenvalue weighted by Gasteiger charge is -2.45. The van der Waals surface area contributed by atoms with E-state index < -0.39 is 0 Å². The summed E-state index contributed by atoms with van der Waals surface area (Å²) < 4.78 is 0. The molecule has 2 rings (SSSR count). The Morgan fingerprint density at radius 3 is 2.78 bits per heavy atom. The van der Waals surface area contributed by atoms with E-state index >= 15 is 0 Å². The molecule has 0 aliphatic carbocycles. The Morgan fingerprint density at radius 2 is 2.33 bits per heavy atom. The lowest BCUT2D eigenvalue weighted by atomic mass is 10.1. The van der Waals surface area contributed by atoms with E-state index in [1.54, 1.807) is 0 Å². The van der Waals surface area contributed by atoms with Gasteiger partial charge in [-0.05, 0) is 7.05 Å². The third-order valence-electron chi connectivity index (χ3n) is 1.98. The smallest absolute Gasteiger partial charge is 0.0902 e. The zero-order valence-corrected chi connectivity index (χ0v) is 6.50. The van der Waals surface area contributed by atoms with Crippen molar-refractivity contribution < 1.29 is 0 Å². The van der Waals surface area contributed by atoms with Crippen molar-refractivity contribution in [1.29, 1.82) is 0 Å². The maximum Gasteiger partial charge on any atom is 0.0902 e. The number of likely N-dealkylation sites (tertiary alicyclic amines) is 1. The molecule has 0 aromatic carbocycles. The van der Waals surface area contributed by atoms with Crippen LogP contribution in [-0.4, -0.2) is 42.2 Å². The fraction of sp³-hybridized carbons (Fsp3) is 1.00. The minimum absolute atomic E-state index is 0.481. The molecule has 52 valence electrons. The van der Waals surface area contributed by atoms with E-state index in [0.29, 0.717) is 4.87 Å². The van der Waals surface area contributed by atoms with Crippen molar-refractivity contribution in [2.45, 2.75) is 4.87 Å². The average Bonchev–Trinajstić information content (AvgIpc) is 2.12. The van der Waals surface area contributed by atoms with Gasteiger partial charge in [-0.1, -0.05) is 0 Å². The van der Waals surface area contributed by atoms with E-state index in [2.05, 4.69) is 29.0 Å². The minimum atomic E-state index is 0.481. The molecule has 1 N–H and O–H groups in total. The van der Waals surface area contributed by atoms with Gasteiger partial charge in [-0.25, -0.2) is 0 Å². The van der Waals surface area contributed by atoms with Crippen molar-refractivity contribution >= 4 is 11.8 Å². The van der Waals surface area contributed by atoms with Crippen molar-refractivity contribution in [3.8, 4) is 0 Å². The fourth-order valence-corrected chi connectivity index (χ4v) is 3.03. The molecule has 2 aliphatic heterocycles. The van der Waals surface area contributed by atoms with Crippen LogP contribution in [0.2, 0.25) is 0 Å². The predicted molar refractivity (Wildman–Crippen MR) is 40.7 cm³/mol. The molecule has 2 saturated heterocycles. The number of thioether (sulfide) groups is 1. The van der Waals surface area contributed by atoms with Crippen molar-refractivity contribution in [1.82, 2.24) is 10.2 Å². The monoisotopic (exact) mass is 144 g/mol. The van der Waals surface area contributed by atoms with E-state index in [0.717, 1.165) is 0 Å². The summed E-state index contributed by atoms with van der Waals surface area (Å²) in [5, 5.41) is 3.52. The van der Waals surface area contributed by atoms with Gasteiger partial charge in [-0.2, -0.15) is 0 Å². The van der Waals surface area contributed by atoms with Crippen LogP contribution in [0.4, 0.5) is 0 Å². The second-order valence-corrected chi connectivity index (χ2v) is 4.42. The highest BCUT2D eigenvalue weighted by atomic mass is 32.2. The van der Waals surface area contributed by atoms with Gasteiger partial charge in [0, 0.05) is 25.4 Å². The number of rotatable bonds is 0. The Labute approximate surface area is 60.0 Å². The van der Waals surface area contributed by atoms with Crippen LogP contribution in [0.5, 0.6) is 0 Å². The van der Waals surface area contributed by atoms with Crippen LogP contribution in [0.15, 0.2) is 0 Å². The fourth-order valence-electron chi connectivity index (χ4n) is 1.61. The molecule has 2 heterocycles. The maximum absolute atomic E-state index is 3.52. The van der Waals surface area contributed by atoms with Gasteiger partial charge in [0.25, 0.3) is 0 Å². The van der Waals surface area contributed by atoms with Gasteiger partial charge < -0.3 is 4.90 Å². The maximum atomic E-state index is 3.52. The lowest BCUT2D eigenvalue weighted by molar-refractivity contribution is 0.144. The first-order valence-corrected chi connectivity index (χ1v) is 4.37. The van der Waals surface area contributed by atoms with E-state index in [1.165, 1.54) is 25.4 Å². The standard InChI is InChI=1S/C6H12N2S/c1-8-4-6(5-8)7-2-3-9-6/h7H,2-5H2,1H3. The summed E-state index contributed by atoms with van der Waals surface area (Å²) in [7, 11) is 2.17. The van der Waals surface area contributed by atoms with E-state index in [-0.39, 0.29) is 0 Å². The molecule has 0 radical (unpaired) electrons. The number of hydrogen-bond acceptors (Lipinski definition) is 3. The van der Waals surface area contributed by atoms with Crippen molar-refractivity contribution in [2.75, 3.05) is 32.4 Å². The van der Waals surface area contributed by atoms with Gasteiger partial charge >= 0.3 is 0 Å². The summed E-state index contributed by atoms with van der Waals surface area (Å²) in [4.78, 5) is 2.83. The molecule has 0 bridgehead atoms. The highest BCUT2D eigenvalue weighted by Crippen LogP contribution is 2.34. The Morgan fingerprint density at radius 1 is 1.56 bits per heavy atom. The van der Waals surface area contributed by atoms with Crippen molar-refractivity contribution in [3.63, 3.8) is 0 Å². The molecule has 9 heavy (non-hydrogen) atoms. The Kier molecular flexibility index (Phi) is 1.25. The first-order chi connectivity index (χ1) is 4.31. The van der Waals surface area contributed by atoms with Gasteiger partial charge in [0.2, 0.25) is 0 Å². The molecule has 2 nitrogen and oxygen atoms in total. The molecule has 0 unspecified atom stereocenters. The van der Waals surface area contributed by atoms with Gasteiger partial charge in [0.15, 0.2) is 0 Å². The third-order valence-corrected chi connectivity index (χ3v) is 3.34. The summed E-state index contributed by atoms with van der Waals surface area (Å²) in [6, 6.07) is 0. The zero-order chi connectivity index (χ0) is 6.32. The molecule has 0 saturated carbocycles. The van der Waals surface area contributed by atoms with Crippen LogP contribution in [0.3, 0.4) is 0 Å². The Hall–Kier alpha value is 0.270. The van der Waals surface area contributed by atoms with Crippen LogP contribution in [0, 0.1) is 0 Å². The Balaban J connectivity index is 1.95. The molecule has 0 aromatic heterocycles. The number of nitrogens with one attached hydrogen (secondary N) is 1. The summed E-state index contributed by atoms with van der Waals surface area (Å²) >= 11 is 2.08. The number of hydrogen-bond donors (Lipinski definition) is 1. The van der Waals surface area contributed by atoms with Crippen LogP contribution < -0.4 is 5.32 Å². The summed E-state index contributed by atoms with van der Waals surface area (Å²) in [6.07, 6.45) is 0. The lowest BCUT2D eigenvalue weighted by Crippen LogP contribution is -2.63. The molecule has 0 amide bonds. The summed E-state index contributed by atoms with van der Waals surface area (Å²) in [5.74, 6) is 1.30. The van der Waals surface area contributed by atoms with E-state index in [9.17, 15) is 0 Å². The second-order valence-electron chi connectivity index (χ2n) is 2.94. The van der Waals surface area contributed by atoms with Crippen molar-refractivity contribution in [3.05, 3.63) is 0 Å². The van der Waals surface area contributed by atoms with Gasteiger partial charge in [-0.3, -0.25) is 5.32 Å². The van der Waals surface area contributed by atoms with Gasteiger partial charge in [-0.15, -0.1) is 11.8 Å². The zero-order valence-electron chi connectivity index (χ0n) is 5.68. The highest BCUT2D eigenvalue weighted by Gasteiger charge is 2.43. The Bertz CT molecular complexity index is 112. The van der Waals surface area contributed by atoms with Crippen LogP contribution >= 0.6 is 11.8 Å². The summed E-state index contributed by atoms with van der Waals surface area (Å²) in [6.45, 7) is 3.67. The van der Waals surface area contributed by atoms with Crippen LogP contribution in [0.25, 0.3) is 0 Å². The molecular weight excluding hydrogens is 132 g/mol. The largest absolute Gasteiger partial charge is 0.301 e. The second kappa shape index (κ2) is 1.87. The predicted octanol–water partition coefficient (Wildman–Crippen LogP) is -0.0355. The number of nitrogens with zero attached hydrogens (tertiary/aromatic N) is 1. The quantitative estimate of drug-likeness (QED) is 0.514. The highest BCUT2D eigenvalue weighted by molar-refractivity contribution is 8.01. The van der Waals surface area contributed by atoms with Crippen LogP contribution in [-0.2, 0) is 0 Å². The number of likely N-dealkylation sites (N-methyl/N-ethyl adjacent to an activating group) is 1. The normalized spacial score (nSPS) is 33.0. The average molecular weight is 144 g/mol. The third kappa shape index (κ3) is 0.876. The van der Waals surface area contributed by atoms with Gasteiger partial charge in [0.05, 0.1) is 4.87 Å². The molecule has 2 fully saturated rings. The molecular formula is C6H12N2S. The first kappa shape index (κ1) is 6.01. The topological polar surface area (TPSA) is 15.3 Å². The summed E-state index contributed by atoms with van der Waals surface area (Å²) in [5.41, 5.74) is 0. The van der Waals surface area contributed by atoms with E-state index in [1.807, 2.05) is 0 Å². The van der Waals surface area contributed by atoms with Crippen molar-refractivity contribution in [2.24, 2.45) is 0 Å². The molecule has 3 heteroatoms.